The molecule has 1 fully saturated rings. The average molecular weight is 515 g/mol. The van der Waals surface area contributed by atoms with Crippen LogP contribution in [0.5, 0.6) is 0 Å². The van der Waals surface area contributed by atoms with E-state index in [4.69, 9.17) is 10.2 Å². The third kappa shape index (κ3) is 8.24. The Labute approximate surface area is 231 Å². The molecule has 0 saturated heterocycles. The van der Waals surface area contributed by atoms with E-state index in [1.54, 1.807) is 0 Å². The van der Waals surface area contributed by atoms with Gasteiger partial charge in [0.1, 0.15) is 5.78 Å². The van der Waals surface area contributed by atoms with Crippen molar-refractivity contribution in [3.8, 4) is 0 Å². The Morgan fingerprint density at radius 3 is 1.00 bits per heavy atom. The predicted molar refractivity (Wildman–Crippen MR) is 158 cm³/mol. The van der Waals surface area contributed by atoms with Crippen LogP contribution in [0.25, 0.3) is 0 Å². The molecular weight excluding hydrogens is 480 g/mol. The Hall–Kier alpha value is -4.51. The molecule has 0 unspecified atom stereocenters. The average Bonchev–Trinajstić information content (AvgIpc) is 2.95. The molecule has 0 radical (unpaired) electrons. The smallest absolute Gasteiger partial charge is 0.144 e. The summed E-state index contributed by atoms with van der Waals surface area (Å²) in [5.41, 5.74) is 6.49. The van der Waals surface area contributed by atoms with Crippen LogP contribution in [0.15, 0.2) is 132 Å². The largest absolute Gasteiger partial charge is 0.299 e. The summed E-state index contributed by atoms with van der Waals surface area (Å²) in [4.78, 5) is 12.9. The summed E-state index contributed by atoms with van der Waals surface area (Å²) in [5.74, 6) is 0.164. The second-order valence-corrected chi connectivity index (χ2v) is 9.99. The molecule has 0 aromatic heterocycles. The van der Waals surface area contributed by atoms with Crippen LogP contribution in [0.2, 0.25) is 0 Å². The molecule has 1 saturated carbocycles. The molecule has 5 heteroatoms. The molecule has 196 valence electrons. The van der Waals surface area contributed by atoms with E-state index in [9.17, 15) is 4.79 Å². The highest BCUT2D eigenvalue weighted by atomic mass is 16.1. The summed E-state index contributed by atoms with van der Waals surface area (Å²) >= 11 is 0. The third-order valence-electron chi connectivity index (χ3n) is 6.61. The van der Waals surface area contributed by atoms with Gasteiger partial charge in [0.2, 0.25) is 0 Å². The van der Waals surface area contributed by atoms with Crippen LogP contribution in [-0.4, -0.2) is 27.2 Å². The van der Waals surface area contributed by atoms with Crippen molar-refractivity contribution in [1.82, 2.24) is 10.0 Å². The number of hydrogen-bond donors (Lipinski definition) is 0. The first-order chi connectivity index (χ1) is 19.2. The number of carbonyl (C=O) groups is 1. The highest BCUT2D eigenvalue weighted by Crippen LogP contribution is 2.18. The second kappa shape index (κ2) is 13.3. The lowest BCUT2D eigenvalue weighted by Crippen LogP contribution is -2.29. The number of hydrazone groups is 2. The summed E-state index contributed by atoms with van der Waals surface area (Å²) in [7, 11) is 0. The fourth-order valence-corrected chi connectivity index (χ4v) is 4.85. The Morgan fingerprint density at radius 2 is 0.718 bits per heavy atom. The van der Waals surface area contributed by atoms with E-state index in [1.165, 1.54) is 22.3 Å². The maximum absolute atomic E-state index is 12.9. The molecule has 0 N–H and O–H groups in total. The molecule has 5 rings (SSSR count). The topological polar surface area (TPSA) is 48.3 Å². The normalized spacial score (nSPS) is 15.4. The van der Waals surface area contributed by atoms with Crippen LogP contribution in [0.4, 0.5) is 0 Å². The first-order valence-corrected chi connectivity index (χ1v) is 13.5. The van der Waals surface area contributed by atoms with E-state index in [0.717, 1.165) is 11.4 Å². The Bertz CT molecular complexity index is 1200. The van der Waals surface area contributed by atoms with Gasteiger partial charge in [0.15, 0.2) is 0 Å². The molecule has 1 aliphatic rings. The SMILES string of the molecule is O=C1CC(=NN(Cc2ccccc2)Cc2ccccc2)CC(=NN(Cc2ccccc2)Cc2ccccc2)C1. The number of nitrogens with zero attached hydrogens (tertiary/aromatic N) is 4. The van der Waals surface area contributed by atoms with Gasteiger partial charge in [0.05, 0.1) is 37.6 Å². The molecule has 0 bridgehead atoms. The third-order valence-corrected chi connectivity index (χ3v) is 6.61. The van der Waals surface area contributed by atoms with Gasteiger partial charge in [-0.25, -0.2) is 0 Å². The van der Waals surface area contributed by atoms with Gasteiger partial charge in [-0.2, -0.15) is 10.2 Å². The van der Waals surface area contributed by atoms with Gasteiger partial charge < -0.3 is 0 Å². The van der Waals surface area contributed by atoms with Gasteiger partial charge in [0, 0.05) is 19.3 Å². The van der Waals surface area contributed by atoms with Crippen molar-refractivity contribution >= 4 is 17.2 Å². The van der Waals surface area contributed by atoms with Gasteiger partial charge in [-0.3, -0.25) is 14.8 Å². The van der Waals surface area contributed by atoms with E-state index < -0.39 is 0 Å². The monoisotopic (exact) mass is 514 g/mol. The Balaban J connectivity index is 1.38. The van der Waals surface area contributed by atoms with Crippen LogP contribution < -0.4 is 0 Å². The molecule has 0 atom stereocenters. The maximum atomic E-state index is 12.9. The zero-order valence-electron chi connectivity index (χ0n) is 22.2. The van der Waals surface area contributed by atoms with Gasteiger partial charge >= 0.3 is 0 Å². The minimum atomic E-state index is 0.164. The Morgan fingerprint density at radius 1 is 0.436 bits per heavy atom. The number of ketones is 1. The van der Waals surface area contributed by atoms with E-state index in [0.29, 0.717) is 45.4 Å². The number of carbonyl (C=O) groups excluding carboxylic acids is 1. The predicted octanol–water partition coefficient (Wildman–Crippen LogP) is 6.86. The van der Waals surface area contributed by atoms with Crippen molar-refractivity contribution in [1.29, 1.82) is 0 Å². The van der Waals surface area contributed by atoms with Crippen molar-refractivity contribution in [2.75, 3.05) is 0 Å². The molecule has 0 heterocycles. The van der Waals surface area contributed by atoms with Gasteiger partial charge in [-0.05, 0) is 22.3 Å². The van der Waals surface area contributed by atoms with E-state index in [2.05, 4.69) is 58.5 Å². The van der Waals surface area contributed by atoms with Gasteiger partial charge in [-0.1, -0.05) is 121 Å². The van der Waals surface area contributed by atoms with Crippen molar-refractivity contribution in [3.05, 3.63) is 144 Å². The number of benzene rings is 4. The van der Waals surface area contributed by atoms with Crippen LogP contribution in [-0.2, 0) is 31.0 Å². The van der Waals surface area contributed by atoms with E-state index >= 15 is 0 Å². The van der Waals surface area contributed by atoms with Crippen LogP contribution >= 0.6 is 0 Å². The summed E-state index contributed by atoms with van der Waals surface area (Å²) < 4.78 is 0. The molecule has 0 spiro atoms. The molecule has 5 nitrogen and oxygen atoms in total. The number of rotatable bonds is 10. The Kier molecular flexibility index (Phi) is 8.93. The van der Waals surface area contributed by atoms with Crippen molar-refractivity contribution < 1.29 is 4.79 Å². The van der Waals surface area contributed by atoms with Gasteiger partial charge in [0.25, 0.3) is 0 Å². The summed E-state index contributed by atoms with van der Waals surface area (Å²) in [5, 5.41) is 14.2. The number of Topliss-reactive ketones (excluding diaryl/α,β-unsaturated/α-hetero) is 1. The van der Waals surface area contributed by atoms with E-state index in [-0.39, 0.29) is 5.78 Å². The zero-order valence-corrected chi connectivity index (χ0v) is 22.2. The lowest BCUT2D eigenvalue weighted by molar-refractivity contribution is -0.117. The summed E-state index contributed by atoms with van der Waals surface area (Å²) in [6.07, 6.45) is 1.35. The van der Waals surface area contributed by atoms with Crippen molar-refractivity contribution in [2.24, 2.45) is 10.2 Å². The maximum Gasteiger partial charge on any atom is 0.144 e. The quantitative estimate of drug-likeness (QED) is 0.217. The molecule has 1 aliphatic carbocycles. The van der Waals surface area contributed by atoms with Crippen LogP contribution in [0.3, 0.4) is 0 Å². The van der Waals surface area contributed by atoms with Crippen LogP contribution in [0.1, 0.15) is 41.5 Å². The van der Waals surface area contributed by atoms with Crippen molar-refractivity contribution in [3.63, 3.8) is 0 Å². The van der Waals surface area contributed by atoms with Gasteiger partial charge in [-0.15, -0.1) is 0 Å². The minimum absolute atomic E-state index is 0.164. The summed E-state index contributed by atoms with van der Waals surface area (Å²) in [6.45, 7) is 2.70. The fraction of sp³-hybridized carbons (Fsp3) is 0.206. The van der Waals surface area contributed by atoms with Crippen LogP contribution in [0, 0.1) is 0 Å². The molecule has 0 amide bonds. The highest BCUT2D eigenvalue weighted by molar-refractivity contribution is 6.21. The molecule has 39 heavy (non-hydrogen) atoms. The summed E-state index contributed by atoms with van der Waals surface area (Å²) in [6, 6.07) is 41.4. The molecular formula is C34H34N4O. The van der Waals surface area contributed by atoms with Crippen molar-refractivity contribution in [2.45, 2.75) is 45.4 Å². The molecule has 0 aliphatic heterocycles. The molecule has 4 aromatic carbocycles. The lowest BCUT2D eigenvalue weighted by atomic mass is 9.95. The second-order valence-electron chi connectivity index (χ2n) is 9.99. The number of hydrogen-bond acceptors (Lipinski definition) is 5. The first-order valence-electron chi connectivity index (χ1n) is 13.5. The minimum Gasteiger partial charge on any atom is -0.299 e. The molecule has 4 aromatic rings. The lowest BCUT2D eigenvalue weighted by Gasteiger charge is -2.25. The first kappa shape index (κ1) is 26.1. The standard InChI is InChI=1S/C34H34N4O/c39-34-22-32(35-37(24-28-13-5-1-6-14-28)25-29-15-7-2-8-16-29)21-33(23-34)36-38(26-30-17-9-3-10-18-30)27-31-19-11-4-12-20-31/h1-20H,21-27H2. The fourth-order valence-electron chi connectivity index (χ4n) is 4.85. The highest BCUT2D eigenvalue weighted by Gasteiger charge is 2.22. The van der Waals surface area contributed by atoms with E-state index in [1.807, 2.05) is 72.8 Å². The zero-order chi connectivity index (χ0) is 26.7.